The van der Waals surface area contributed by atoms with Crippen LogP contribution < -0.4 is 5.32 Å². The summed E-state index contributed by atoms with van der Waals surface area (Å²) in [5.41, 5.74) is 0. The number of nitrogens with zero attached hydrogens (tertiary/aromatic N) is 1. The maximum atomic E-state index is 11.9. The van der Waals surface area contributed by atoms with E-state index in [9.17, 15) is 9.59 Å². The molecule has 1 aliphatic carbocycles. The summed E-state index contributed by atoms with van der Waals surface area (Å²) >= 11 is 0. The van der Waals surface area contributed by atoms with Gasteiger partial charge in [-0.05, 0) is 19.3 Å². The Morgan fingerprint density at radius 3 is 2.67 bits per heavy atom. The zero-order valence-electron chi connectivity index (χ0n) is 11.0. The van der Waals surface area contributed by atoms with Gasteiger partial charge in [-0.2, -0.15) is 0 Å². The first-order valence-electron chi connectivity index (χ1n) is 6.29. The second kappa shape index (κ2) is 7.20. The number of carboxylic acids is 1. The number of carbonyl (C=O) groups is 2. The lowest BCUT2D eigenvalue weighted by atomic mass is 10.2. The normalized spacial score (nSPS) is 16.1. The average Bonchev–Trinajstić information content (AvgIpc) is 3.07. The Kier molecular flexibility index (Phi) is 5.91. The summed E-state index contributed by atoms with van der Waals surface area (Å²) in [7, 11) is 1.52. The van der Waals surface area contributed by atoms with Gasteiger partial charge in [0.05, 0.1) is 6.61 Å². The molecule has 0 radical (unpaired) electrons. The van der Waals surface area contributed by atoms with Gasteiger partial charge < -0.3 is 20.1 Å². The highest BCUT2D eigenvalue weighted by Gasteiger charge is 2.25. The molecular formula is C12H22N2O4. The van der Waals surface area contributed by atoms with Crippen LogP contribution in [0.1, 0.15) is 26.2 Å². The van der Waals surface area contributed by atoms with Crippen molar-refractivity contribution in [2.24, 2.45) is 5.92 Å². The molecule has 6 heteroatoms. The predicted molar refractivity (Wildman–Crippen MR) is 66.4 cm³/mol. The SMILES string of the molecule is COCCN(CC(=O)O)C(=O)NC(C)CC1CC1. The van der Waals surface area contributed by atoms with Crippen molar-refractivity contribution in [2.45, 2.75) is 32.2 Å². The van der Waals surface area contributed by atoms with Gasteiger partial charge in [0.2, 0.25) is 0 Å². The van der Waals surface area contributed by atoms with Gasteiger partial charge in [-0.3, -0.25) is 4.79 Å². The van der Waals surface area contributed by atoms with Crippen LogP contribution >= 0.6 is 0 Å². The van der Waals surface area contributed by atoms with Gasteiger partial charge in [-0.25, -0.2) is 4.79 Å². The average molecular weight is 258 g/mol. The summed E-state index contributed by atoms with van der Waals surface area (Å²) < 4.78 is 4.87. The molecular weight excluding hydrogens is 236 g/mol. The van der Waals surface area contributed by atoms with E-state index < -0.39 is 5.97 Å². The molecule has 0 spiro atoms. The Morgan fingerprint density at radius 2 is 2.17 bits per heavy atom. The van der Waals surface area contributed by atoms with Crippen molar-refractivity contribution >= 4 is 12.0 Å². The molecule has 0 aliphatic heterocycles. The lowest BCUT2D eigenvalue weighted by Crippen LogP contribution is -2.47. The monoisotopic (exact) mass is 258 g/mol. The minimum absolute atomic E-state index is 0.0869. The number of hydrogen-bond donors (Lipinski definition) is 2. The van der Waals surface area contributed by atoms with Crippen LogP contribution in [0.2, 0.25) is 0 Å². The molecule has 1 fully saturated rings. The number of ether oxygens (including phenoxy) is 1. The van der Waals surface area contributed by atoms with E-state index in [0.717, 1.165) is 12.3 Å². The Balaban J connectivity index is 2.37. The van der Waals surface area contributed by atoms with Crippen molar-refractivity contribution < 1.29 is 19.4 Å². The third kappa shape index (κ3) is 5.86. The largest absolute Gasteiger partial charge is 0.480 e. The molecule has 1 saturated carbocycles. The molecule has 18 heavy (non-hydrogen) atoms. The van der Waals surface area contributed by atoms with Crippen LogP contribution in [0.25, 0.3) is 0 Å². The molecule has 1 atom stereocenters. The van der Waals surface area contributed by atoms with Crippen LogP contribution in [0.3, 0.4) is 0 Å². The predicted octanol–water partition coefficient (Wildman–Crippen LogP) is 0.918. The molecule has 0 bridgehead atoms. The minimum Gasteiger partial charge on any atom is -0.480 e. The van der Waals surface area contributed by atoms with Crippen LogP contribution in [0, 0.1) is 5.92 Å². The summed E-state index contributed by atoms with van der Waals surface area (Å²) in [5.74, 6) is -0.289. The Bertz CT molecular complexity index is 292. The highest BCUT2D eigenvalue weighted by atomic mass is 16.5. The van der Waals surface area contributed by atoms with Crippen molar-refractivity contribution in [3.8, 4) is 0 Å². The zero-order chi connectivity index (χ0) is 13.5. The van der Waals surface area contributed by atoms with Crippen LogP contribution in [0.15, 0.2) is 0 Å². The number of aliphatic carboxylic acids is 1. The van der Waals surface area contributed by atoms with E-state index in [1.54, 1.807) is 0 Å². The highest BCUT2D eigenvalue weighted by Crippen LogP contribution is 2.33. The van der Waals surface area contributed by atoms with Crippen LogP contribution in [-0.4, -0.2) is 54.9 Å². The number of amides is 2. The third-order valence-corrected chi connectivity index (χ3v) is 2.93. The lowest BCUT2D eigenvalue weighted by molar-refractivity contribution is -0.137. The standard InChI is InChI=1S/C12H22N2O4/c1-9(7-10-3-4-10)13-12(17)14(5-6-18-2)8-11(15)16/h9-10H,3-8H2,1-2H3,(H,13,17)(H,15,16). The number of carboxylic acid groups (broad SMARTS) is 1. The topological polar surface area (TPSA) is 78.9 Å². The molecule has 0 heterocycles. The summed E-state index contributed by atoms with van der Waals surface area (Å²) in [6, 6.07) is -0.244. The van der Waals surface area contributed by atoms with Gasteiger partial charge in [0.25, 0.3) is 0 Å². The van der Waals surface area contributed by atoms with E-state index in [-0.39, 0.29) is 25.2 Å². The molecule has 0 aromatic carbocycles. The summed E-state index contributed by atoms with van der Waals surface area (Å²) in [6.07, 6.45) is 3.45. The third-order valence-electron chi connectivity index (χ3n) is 2.93. The van der Waals surface area contributed by atoms with Gasteiger partial charge in [-0.1, -0.05) is 12.8 Å². The van der Waals surface area contributed by atoms with Gasteiger partial charge in [0.15, 0.2) is 0 Å². The fourth-order valence-electron chi connectivity index (χ4n) is 1.83. The van der Waals surface area contributed by atoms with E-state index in [4.69, 9.17) is 9.84 Å². The second-order valence-corrected chi connectivity index (χ2v) is 4.84. The number of urea groups is 1. The van der Waals surface area contributed by atoms with E-state index in [1.165, 1.54) is 24.9 Å². The van der Waals surface area contributed by atoms with Gasteiger partial charge in [-0.15, -0.1) is 0 Å². The molecule has 104 valence electrons. The smallest absolute Gasteiger partial charge is 0.323 e. The first-order chi connectivity index (χ1) is 8.52. The Morgan fingerprint density at radius 1 is 1.50 bits per heavy atom. The molecule has 0 saturated heterocycles. The molecule has 2 amide bonds. The molecule has 0 aromatic heterocycles. The quantitative estimate of drug-likeness (QED) is 0.678. The van der Waals surface area contributed by atoms with Crippen LogP contribution in [0.4, 0.5) is 4.79 Å². The van der Waals surface area contributed by atoms with Crippen molar-refractivity contribution in [1.82, 2.24) is 10.2 Å². The van der Waals surface area contributed by atoms with E-state index in [0.29, 0.717) is 6.61 Å². The second-order valence-electron chi connectivity index (χ2n) is 4.84. The highest BCUT2D eigenvalue weighted by molar-refractivity contribution is 5.80. The maximum Gasteiger partial charge on any atom is 0.323 e. The molecule has 1 rings (SSSR count). The fraction of sp³-hybridized carbons (Fsp3) is 0.833. The molecule has 1 unspecified atom stereocenters. The van der Waals surface area contributed by atoms with Crippen LogP contribution in [-0.2, 0) is 9.53 Å². The van der Waals surface area contributed by atoms with E-state index >= 15 is 0 Å². The van der Waals surface area contributed by atoms with Gasteiger partial charge in [0.1, 0.15) is 6.54 Å². The van der Waals surface area contributed by atoms with E-state index in [2.05, 4.69) is 5.32 Å². The first-order valence-corrected chi connectivity index (χ1v) is 6.29. The molecule has 1 aliphatic rings. The van der Waals surface area contributed by atoms with E-state index in [1.807, 2.05) is 6.92 Å². The summed E-state index contributed by atoms with van der Waals surface area (Å²) in [6.45, 7) is 2.26. The van der Waals surface area contributed by atoms with Crippen LogP contribution in [0.5, 0.6) is 0 Å². The number of methoxy groups -OCH3 is 1. The fourth-order valence-corrected chi connectivity index (χ4v) is 1.83. The van der Waals surface area contributed by atoms with Crippen molar-refractivity contribution in [3.63, 3.8) is 0 Å². The van der Waals surface area contributed by atoms with Gasteiger partial charge >= 0.3 is 12.0 Å². The molecule has 0 aromatic rings. The number of rotatable bonds is 8. The number of nitrogens with one attached hydrogen (secondary N) is 1. The summed E-state index contributed by atoms with van der Waals surface area (Å²) in [5, 5.41) is 11.6. The minimum atomic E-state index is -1.02. The number of carbonyl (C=O) groups excluding carboxylic acids is 1. The number of hydrogen-bond acceptors (Lipinski definition) is 3. The van der Waals surface area contributed by atoms with Crippen molar-refractivity contribution in [1.29, 1.82) is 0 Å². The van der Waals surface area contributed by atoms with Gasteiger partial charge in [0, 0.05) is 19.7 Å². The Hall–Kier alpha value is -1.30. The van der Waals surface area contributed by atoms with Crippen molar-refractivity contribution in [2.75, 3.05) is 26.8 Å². The summed E-state index contributed by atoms with van der Waals surface area (Å²) in [4.78, 5) is 23.8. The Labute approximate surface area is 107 Å². The first kappa shape index (κ1) is 14.8. The maximum absolute atomic E-state index is 11.9. The molecule has 6 nitrogen and oxygen atoms in total. The van der Waals surface area contributed by atoms with Crippen molar-refractivity contribution in [3.05, 3.63) is 0 Å². The lowest BCUT2D eigenvalue weighted by Gasteiger charge is -2.23. The zero-order valence-corrected chi connectivity index (χ0v) is 11.0. The molecule has 2 N–H and O–H groups in total.